The zero-order valence-corrected chi connectivity index (χ0v) is 13.1. The molecular formula is C15H20N4OS. The summed E-state index contributed by atoms with van der Waals surface area (Å²) in [6, 6.07) is 5.93. The first-order valence-corrected chi connectivity index (χ1v) is 7.68. The molecule has 0 radical (unpaired) electrons. The maximum absolute atomic E-state index is 11.7. The monoisotopic (exact) mass is 304 g/mol. The first kappa shape index (κ1) is 15.3. The molecule has 0 aliphatic carbocycles. The van der Waals surface area contributed by atoms with Crippen molar-refractivity contribution < 1.29 is 4.79 Å². The zero-order valence-electron chi connectivity index (χ0n) is 12.3. The van der Waals surface area contributed by atoms with E-state index in [1.165, 1.54) is 4.88 Å². The van der Waals surface area contributed by atoms with Gasteiger partial charge in [-0.15, -0.1) is 17.9 Å². The number of carbonyl (C=O) groups is 1. The summed E-state index contributed by atoms with van der Waals surface area (Å²) in [5, 5.41) is 12.2. The van der Waals surface area contributed by atoms with Crippen molar-refractivity contribution in [1.82, 2.24) is 20.4 Å². The topological polar surface area (TPSA) is 59.0 Å². The smallest absolute Gasteiger partial charge is 0.315 e. The van der Waals surface area contributed by atoms with Crippen molar-refractivity contribution in [2.45, 2.75) is 19.9 Å². The van der Waals surface area contributed by atoms with E-state index in [2.05, 4.69) is 28.4 Å². The van der Waals surface area contributed by atoms with Crippen molar-refractivity contribution in [3.8, 4) is 0 Å². The van der Waals surface area contributed by atoms with E-state index in [9.17, 15) is 4.79 Å². The minimum absolute atomic E-state index is 0.00758. The highest BCUT2D eigenvalue weighted by atomic mass is 32.1. The lowest BCUT2D eigenvalue weighted by molar-refractivity contribution is 0.240. The molecular weight excluding hydrogens is 284 g/mol. The summed E-state index contributed by atoms with van der Waals surface area (Å²) in [4.78, 5) is 12.9. The molecule has 2 aromatic heterocycles. The molecule has 21 heavy (non-hydrogen) atoms. The fourth-order valence-corrected chi connectivity index (χ4v) is 2.98. The molecule has 0 bridgehead atoms. The van der Waals surface area contributed by atoms with Crippen LogP contribution in [0.1, 0.15) is 22.3 Å². The molecule has 0 spiro atoms. The van der Waals surface area contributed by atoms with Crippen molar-refractivity contribution in [1.29, 1.82) is 0 Å². The van der Waals surface area contributed by atoms with Gasteiger partial charge in [-0.1, -0.05) is 12.1 Å². The molecule has 2 rings (SSSR count). The Bertz CT molecular complexity index is 603. The van der Waals surface area contributed by atoms with E-state index in [1.807, 2.05) is 36.0 Å². The molecule has 112 valence electrons. The third-order valence-corrected chi connectivity index (χ3v) is 4.05. The Labute approximate surface area is 128 Å². The number of hydrogen-bond acceptors (Lipinski definition) is 3. The van der Waals surface area contributed by atoms with Gasteiger partial charge in [0.25, 0.3) is 0 Å². The van der Waals surface area contributed by atoms with Crippen molar-refractivity contribution >= 4 is 17.4 Å². The molecule has 0 fully saturated rings. The average Bonchev–Trinajstić information content (AvgIpc) is 3.07. The highest BCUT2D eigenvalue weighted by Crippen LogP contribution is 2.23. The molecule has 0 saturated heterocycles. The number of carbonyl (C=O) groups excluding carboxylic acids is 1. The molecule has 2 aromatic rings. The number of urea groups is 1. The number of rotatable bonds is 6. The van der Waals surface area contributed by atoms with Crippen LogP contribution in [0, 0.1) is 13.8 Å². The summed E-state index contributed by atoms with van der Waals surface area (Å²) in [6.45, 7) is 8.52. The second-order valence-corrected chi connectivity index (χ2v) is 5.76. The van der Waals surface area contributed by atoms with Crippen LogP contribution in [-0.4, -0.2) is 28.9 Å². The largest absolute Gasteiger partial charge is 0.336 e. The molecule has 0 aliphatic heterocycles. The van der Waals surface area contributed by atoms with E-state index in [1.54, 1.807) is 17.4 Å². The van der Waals surface area contributed by atoms with E-state index < -0.39 is 0 Å². The van der Waals surface area contributed by atoms with Gasteiger partial charge in [0.05, 0.1) is 5.69 Å². The van der Waals surface area contributed by atoms with Crippen LogP contribution < -0.4 is 10.6 Å². The van der Waals surface area contributed by atoms with Gasteiger partial charge in [-0.3, -0.25) is 4.68 Å². The summed E-state index contributed by atoms with van der Waals surface area (Å²) in [7, 11) is 0. The van der Waals surface area contributed by atoms with Gasteiger partial charge >= 0.3 is 6.03 Å². The Morgan fingerprint density at radius 3 is 2.90 bits per heavy atom. The lowest BCUT2D eigenvalue weighted by Crippen LogP contribution is -2.39. The molecule has 0 saturated carbocycles. The molecule has 0 aromatic carbocycles. The van der Waals surface area contributed by atoms with Crippen LogP contribution in [0.2, 0.25) is 0 Å². The van der Waals surface area contributed by atoms with Gasteiger partial charge in [-0.05, 0) is 31.4 Å². The predicted molar refractivity (Wildman–Crippen MR) is 85.8 cm³/mol. The van der Waals surface area contributed by atoms with Gasteiger partial charge in [-0.2, -0.15) is 5.10 Å². The average molecular weight is 304 g/mol. The van der Waals surface area contributed by atoms with E-state index in [0.717, 1.165) is 11.4 Å². The van der Waals surface area contributed by atoms with E-state index in [-0.39, 0.29) is 12.1 Å². The fourth-order valence-electron chi connectivity index (χ4n) is 2.17. The maximum atomic E-state index is 11.7. The van der Waals surface area contributed by atoms with E-state index >= 15 is 0 Å². The van der Waals surface area contributed by atoms with Crippen molar-refractivity contribution in [3.63, 3.8) is 0 Å². The highest BCUT2D eigenvalue weighted by molar-refractivity contribution is 7.10. The normalized spacial score (nSPS) is 11.9. The van der Waals surface area contributed by atoms with E-state index in [4.69, 9.17) is 0 Å². The summed E-state index contributed by atoms with van der Waals surface area (Å²) >= 11 is 1.66. The quantitative estimate of drug-likeness (QED) is 0.806. The maximum Gasteiger partial charge on any atom is 0.315 e. The molecule has 2 N–H and O–H groups in total. The first-order valence-electron chi connectivity index (χ1n) is 6.80. The number of thiophene rings is 1. The molecule has 2 amide bonds. The molecule has 6 heteroatoms. The minimum Gasteiger partial charge on any atom is -0.336 e. The number of nitrogens with one attached hydrogen (secondary N) is 2. The highest BCUT2D eigenvalue weighted by Gasteiger charge is 2.18. The fraction of sp³-hybridized carbons (Fsp3) is 0.333. The van der Waals surface area contributed by atoms with Crippen LogP contribution in [0.15, 0.2) is 36.2 Å². The van der Waals surface area contributed by atoms with Crippen LogP contribution in [0.5, 0.6) is 0 Å². The summed E-state index contributed by atoms with van der Waals surface area (Å²) in [5.74, 6) is 0. The summed E-state index contributed by atoms with van der Waals surface area (Å²) in [6.07, 6.45) is 1.65. The Kier molecular flexibility index (Phi) is 5.16. The number of aryl methyl sites for hydroxylation is 2. The molecule has 2 heterocycles. The van der Waals surface area contributed by atoms with Crippen molar-refractivity contribution in [2.75, 3.05) is 13.1 Å². The Balaban J connectivity index is 2.12. The van der Waals surface area contributed by atoms with Crippen LogP contribution in [-0.2, 0) is 0 Å². The SMILES string of the molecule is C=CCNC(=O)NCC(c1cccs1)n1nc(C)cc1C. The van der Waals surface area contributed by atoms with Gasteiger partial charge in [0, 0.05) is 23.7 Å². The van der Waals surface area contributed by atoms with Crippen molar-refractivity contribution in [2.24, 2.45) is 0 Å². The number of amides is 2. The zero-order chi connectivity index (χ0) is 15.2. The van der Waals surface area contributed by atoms with Gasteiger partial charge < -0.3 is 10.6 Å². The Hall–Kier alpha value is -2.08. The number of nitrogens with zero attached hydrogens (tertiary/aromatic N) is 2. The molecule has 5 nitrogen and oxygen atoms in total. The predicted octanol–water partition coefficient (Wildman–Crippen LogP) is 2.64. The van der Waals surface area contributed by atoms with Gasteiger partial charge in [0.2, 0.25) is 0 Å². The van der Waals surface area contributed by atoms with Crippen LogP contribution in [0.4, 0.5) is 4.79 Å². The lowest BCUT2D eigenvalue weighted by Gasteiger charge is -2.19. The van der Waals surface area contributed by atoms with Crippen LogP contribution >= 0.6 is 11.3 Å². The van der Waals surface area contributed by atoms with E-state index in [0.29, 0.717) is 13.1 Å². The summed E-state index contributed by atoms with van der Waals surface area (Å²) < 4.78 is 1.97. The second-order valence-electron chi connectivity index (χ2n) is 4.78. The third kappa shape index (κ3) is 3.95. The molecule has 1 unspecified atom stereocenters. The van der Waals surface area contributed by atoms with Gasteiger partial charge in [0.1, 0.15) is 6.04 Å². The molecule has 1 atom stereocenters. The van der Waals surface area contributed by atoms with Gasteiger partial charge in [-0.25, -0.2) is 4.79 Å². The van der Waals surface area contributed by atoms with Crippen LogP contribution in [0.3, 0.4) is 0 Å². The standard InChI is InChI=1S/C15H20N4OS/c1-4-7-16-15(20)17-10-13(14-6-5-8-21-14)19-12(3)9-11(2)18-19/h4-6,8-9,13H,1,7,10H2,2-3H3,(H2,16,17,20). The molecule has 0 aliphatic rings. The lowest BCUT2D eigenvalue weighted by atomic mass is 10.2. The Morgan fingerprint density at radius 1 is 1.52 bits per heavy atom. The van der Waals surface area contributed by atoms with Crippen molar-refractivity contribution in [3.05, 3.63) is 52.5 Å². The third-order valence-electron chi connectivity index (χ3n) is 3.07. The van der Waals surface area contributed by atoms with Crippen LogP contribution in [0.25, 0.3) is 0 Å². The number of hydrogen-bond donors (Lipinski definition) is 2. The summed E-state index contributed by atoms with van der Waals surface area (Å²) in [5.41, 5.74) is 2.06. The van der Waals surface area contributed by atoms with Gasteiger partial charge in [0.15, 0.2) is 0 Å². The Morgan fingerprint density at radius 2 is 2.33 bits per heavy atom. The second kappa shape index (κ2) is 7.08. The first-order chi connectivity index (χ1) is 10.1. The minimum atomic E-state index is -0.196. The number of aromatic nitrogens is 2.